The molecule has 0 amide bonds. The van der Waals surface area contributed by atoms with E-state index < -0.39 is 0 Å². The molecule has 2 unspecified atom stereocenters. The SMILES string of the molecule is CN=C(NCc1cccc(COC(C)(C)C)c1)N1CC(C)C(C(=O)OC)C1.I. The Labute approximate surface area is 186 Å². The van der Waals surface area contributed by atoms with Gasteiger partial charge in [0.15, 0.2) is 5.96 Å². The van der Waals surface area contributed by atoms with Crippen molar-refractivity contribution in [1.29, 1.82) is 0 Å². The molecule has 1 N–H and O–H groups in total. The number of guanidine groups is 1. The van der Waals surface area contributed by atoms with Gasteiger partial charge in [-0.05, 0) is 37.8 Å². The van der Waals surface area contributed by atoms with Crippen molar-refractivity contribution in [2.24, 2.45) is 16.8 Å². The standard InChI is InChI=1S/C21H33N3O3.HI/c1-15-12-24(13-18(15)19(25)26-6)20(22-5)23-11-16-8-7-9-17(10-16)14-27-21(2,3)4;/h7-10,15,18H,11-14H2,1-6H3,(H,22,23);1H. The van der Waals surface area contributed by atoms with Gasteiger partial charge in [0.25, 0.3) is 0 Å². The number of nitrogens with zero attached hydrogens (tertiary/aromatic N) is 2. The smallest absolute Gasteiger partial charge is 0.310 e. The molecule has 1 heterocycles. The monoisotopic (exact) mass is 503 g/mol. The van der Waals surface area contributed by atoms with E-state index in [0.717, 1.165) is 18.1 Å². The number of halogens is 1. The van der Waals surface area contributed by atoms with Crippen LogP contribution in [0.25, 0.3) is 0 Å². The van der Waals surface area contributed by atoms with Crippen LogP contribution in [0.1, 0.15) is 38.8 Å². The van der Waals surface area contributed by atoms with Crippen molar-refractivity contribution in [3.63, 3.8) is 0 Å². The second-order valence-corrected chi connectivity index (χ2v) is 8.13. The molecular weight excluding hydrogens is 469 g/mol. The first kappa shape index (κ1) is 24.7. The van der Waals surface area contributed by atoms with Gasteiger partial charge in [0.2, 0.25) is 0 Å². The number of benzene rings is 1. The molecule has 1 saturated heterocycles. The van der Waals surface area contributed by atoms with E-state index in [4.69, 9.17) is 9.47 Å². The number of nitrogens with one attached hydrogen (secondary N) is 1. The Hall–Kier alpha value is -1.35. The Morgan fingerprint density at radius 1 is 1.29 bits per heavy atom. The Kier molecular flexibility index (Phi) is 9.69. The van der Waals surface area contributed by atoms with E-state index >= 15 is 0 Å². The number of aliphatic imine (C=N–C) groups is 1. The molecule has 1 aliphatic heterocycles. The summed E-state index contributed by atoms with van der Waals surface area (Å²) in [5.41, 5.74) is 2.17. The van der Waals surface area contributed by atoms with Crippen LogP contribution in [0.3, 0.4) is 0 Å². The van der Waals surface area contributed by atoms with E-state index in [2.05, 4.69) is 61.1 Å². The maximum Gasteiger partial charge on any atom is 0.310 e. The highest BCUT2D eigenvalue weighted by molar-refractivity contribution is 14.0. The third-order valence-corrected chi connectivity index (χ3v) is 4.74. The van der Waals surface area contributed by atoms with Crippen molar-refractivity contribution in [3.05, 3.63) is 35.4 Å². The molecule has 0 bridgehead atoms. The largest absolute Gasteiger partial charge is 0.469 e. The molecule has 0 radical (unpaired) electrons. The molecule has 2 rings (SSSR count). The zero-order chi connectivity index (χ0) is 20.0. The highest BCUT2D eigenvalue weighted by Crippen LogP contribution is 2.24. The Balaban J connectivity index is 0.00000392. The minimum atomic E-state index is -0.154. The van der Waals surface area contributed by atoms with Gasteiger partial charge in [0, 0.05) is 26.7 Å². The number of likely N-dealkylation sites (tertiary alicyclic amines) is 1. The molecule has 6 nitrogen and oxygen atoms in total. The van der Waals surface area contributed by atoms with Crippen molar-refractivity contribution in [3.8, 4) is 0 Å². The number of ether oxygens (including phenoxy) is 2. The minimum Gasteiger partial charge on any atom is -0.469 e. The summed E-state index contributed by atoms with van der Waals surface area (Å²) in [6.07, 6.45) is 0. The van der Waals surface area contributed by atoms with E-state index in [-0.39, 0.29) is 47.4 Å². The lowest BCUT2D eigenvalue weighted by Crippen LogP contribution is -2.40. The first-order valence-electron chi connectivity index (χ1n) is 9.48. The van der Waals surface area contributed by atoms with Gasteiger partial charge < -0.3 is 19.7 Å². The van der Waals surface area contributed by atoms with Gasteiger partial charge >= 0.3 is 5.97 Å². The molecule has 1 fully saturated rings. The van der Waals surface area contributed by atoms with Crippen molar-refractivity contribution in [2.45, 2.75) is 46.4 Å². The Morgan fingerprint density at radius 2 is 1.96 bits per heavy atom. The van der Waals surface area contributed by atoms with Crippen LogP contribution < -0.4 is 5.32 Å². The van der Waals surface area contributed by atoms with Crippen LogP contribution in [0.5, 0.6) is 0 Å². The predicted octanol–water partition coefficient (Wildman–Crippen LogP) is 3.44. The molecule has 1 aliphatic rings. The number of carbonyl (C=O) groups is 1. The fraction of sp³-hybridized carbons (Fsp3) is 0.619. The molecule has 0 spiro atoms. The molecule has 1 aromatic rings. The average Bonchev–Trinajstić information content (AvgIpc) is 3.01. The number of methoxy groups -OCH3 is 1. The lowest BCUT2D eigenvalue weighted by Gasteiger charge is -2.22. The molecule has 0 saturated carbocycles. The predicted molar refractivity (Wildman–Crippen MR) is 123 cm³/mol. The minimum absolute atomic E-state index is 0. The fourth-order valence-corrected chi connectivity index (χ4v) is 3.24. The van der Waals surface area contributed by atoms with Gasteiger partial charge in [-0.1, -0.05) is 31.2 Å². The summed E-state index contributed by atoms with van der Waals surface area (Å²) in [6.45, 7) is 10.9. The molecule has 0 aromatic heterocycles. The Bertz CT molecular complexity index is 673. The number of hydrogen-bond donors (Lipinski definition) is 1. The van der Waals surface area contributed by atoms with Crippen LogP contribution in [-0.2, 0) is 27.4 Å². The van der Waals surface area contributed by atoms with Crippen molar-refractivity contribution in [1.82, 2.24) is 10.2 Å². The summed E-state index contributed by atoms with van der Waals surface area (Å²) in [7, 11) is 3.22. The summed E-state index contributed by atoms with van der Waals surface area (Å²) in [4.78, 5) is 18.4. The molecular formula is C21H34IN3O3. The highest BCUT2D eigenvalue weighted by Gasteiger charge is 2.36. The summed E-state index contributed by atoms with van der Waals surface area (Å²) in [6, 6.07) is 8.36. The first-order chi connectivity index (χ1) is 12.7. The topological polar surface area (TPSA) is 63.2 Å². The van der Waals surface area contributed by atoms with E-state index in [1.807, 2.05) is 6.07 Å². The van der Waals surface area contributed by atoms with E-state index in [1.54, 1.807) is 7.05 Å². The summed E-state index contributed by atoms with van der Waals surface area (Å²) in [5.74, 6) is 0.803. The van der Waals surface area contributed by atoms with E-state index in [9.17, 15) is 4.79 Å². The highest BCUT2D eigenvalue weighted by atomic mass is 127. The van der Waals surface area contributed by atoms with Gasteiger partial charge in [0.1, 0.15) is 0 Å². The quantitative estimate of drug-likeness (QED) is 0.289. The third-order valence-electron chi connectivity index (χ3n) is 4.74. The normalized spacial score (nSPS) is 19.9. The van der Waals surface area contributed by atoms with Crippen LogP contribution in [0, 0.1) is 11.8 Å². The summed E-state index contributed by atoms with van der Waals surface area (Å²) in [5, 5.41) is 3.41. The molecule has 7 heteroatoms. The number of carbonyl (C=O) groups excluding carboxylic acids is 1. The number of rotatable bonds is 5. The molecule has 1 aromatic carbocycles. The first-order valence-corrected chi connectivity index (χ1v) is 9.48. The fourth-order valence-electron chi connectivity index (χ4n) is 3.24. The average molecular weight is 503 g/mol. The van der Waals surface area contributed by atoms with Gasteiger partial charge in [-0.3, -0.25) is 9.79 Å². The van der Waals surface area contributed by atoms with Crippen molar-refractivity contribution < 1.29 is 14.3 Å². The second-order valence-electron chi connectivity index (χ2n) is 8.13. The van der Waals surface area contributed by atoms with E-state index in [1.165, 1.54) is 12.7 Å². The number of hydrogen-bond acceptors (Lipinski definition) is 4. The maximum atomic E-state index is 11.9. The second kappa shape index (κ2) is 11.0. The zero-order valence-electron chi connectivity index (χ0n) is 17.8. The molecule has 2 atom stereocenters. The van der Waals surface area contributed by atoms with Crippen molar-refractivity contribution in [2.75, 3.05) is 27.2 Å². The number of esters is 1. The summed E-state index contributed by atoms with van der Waals surface area (Å²) >= 11 is 0. The maximum absolute atomic E-state index is 11.9. The van der Waals surface area contributed by atoms with Crippen LogP contribution in [0.4, 0.5) is 0 Å². The lowest BCUT2D eigenvalue weighted by atomic mass is 9.99. The van der Waals surface area contributed by atoms with Crippen LogP contribution in [0.15, 0.2) is 29.3 Å². The van der Waals surface area contributed by atoms with Gasteiger partial charge in [-0.15, -0.1) is 24.0 Å². The molecule has 28 heavy (non-hydrogen) atoms. The van der Waals surface area contributed by atoms with E-state index in [0.29, 0.717) is 19.7 Å². The van der Waals surface area contributed by atoms with Gasteiger partial charge in [-0.25, -0.2) is 0 Å². The molecule has 158 valence electrons. The summed E-state index contributed by atoms with van der Waals surface area (Å²) < 4.78 is 10.8. The van der Waals surface area contributed by atoms with Crippen LogP contribution in [-0.4, -0.2) is 49.7 Å². The molecule has 0 aliphatic carbocycles. The van der Waals surface area contributed by atoms with Gasteiger partial charge in [-0.2, -0.15) is 0 Å². The zero-order valence-corrected chi connectivity index (χ0v) is 20.2. The Morgan fingerprint density at radius 3 is 2.57 bits per heavy atom. The third kappa shape index (κ3) is 7.24. The van der Waals surface area contributed by atoms with Crippen LogP contribution in [0.2, 0.25) is 0 Å². The van der Waals surface area contributed by atoms with Crippen LogP contribution >= 0.6 is 24.0 Å². The van der Waals surface area contributed by atoms with Gasteiger partial charge in [0.05, 0.1) is 25.2 Å². The lowest BCUT2D eigenvalue weighted by molar-refractivity contribution is -0.145. The van der Waals surface area contributed by atoms with Crippen molar-refractivity contribution >= 4 is 35.9 Å².